The Kier molecular flexibility index (Phi) is 12.4. The van der Waals surface area contributed by atoms with Crippen LogP contribution in [0.1, 0.15) is 86.2 Å². The number of hydrogen-bond acceptors (Lipinski definition) is 12. The normalized spacial score (nSPS) is 23.0. The van der Waals surface area contributed by atoms with Gasteiger partial charge >= 0.3 is 0 Å². The van der Waals surface area contributed by atoms with E-state index in [9.17, 15) is 18.9 Å². The number of likely N-dealkylation sites (tertiary alicyclic amines) is 1. The number of methoxy groups -OCH3 is 1. The number of carbonyl (C=O) groups is 3. The number of carbonyl (C=O) groups excluding carboxylic acids is 3. The van der Waals surface area contributed by atoms with E-state index < -0.39 is 19.1 Å². The molecule has 0 radical (unpaired) electrons. The van der Waals surface area contributed by atoms with Gasteiger partial charge in [-0.05, 0) is 119 Å². The third-order valence-corrected chi connectivity index (χ3v) is 16.0. The van der Waals surface area contributed by atoms with Gasteiger partial charge in [0.25, 0.3) is 5.91 Å². The third kappa shape index (κ3) is 8.93. The van der Waals surface area contributed by atoms with Gasteiger partial charge in [-0.2, -0.15) is 4.98 Å². The standard InChI is InChI=1S/C48H58ClN8O6P/c1-5-30-25-37(52-47-50-27-35(49)44(54-47)51-36-10-6-7-12-42(36)64(3,4)61)41(62-2)26-39(30)55-22-17-31(18-23-55)56-24-21-48(29-56)19-15-32(16-20-48)63-40-11-8-9-33-34(40)28-57(46(33)60)38-13-14-43(58)53-45(38)59/h6-12,25-27,31-32,38H,5,13-24,28-29H2,1-4H3,(H,53,58,59)(H2,50,51,52,54)/t32-,38?,48-. The number of rotatable bonds is 12. The number of nitrogens with zero attached hydrogens (tertiary/aromatic N) is 5. The molecular formula is C48H58ClN8O6P. The molecule has 3 amide bonds. The van der Waals surface area contributed by atoms with Crippen molar-refractivity contribution in [2.75, 3.05) is 62.2 Å². The van der Waals surface area contributed by atoms with Crippen molar-refractivity contribution in [2.45, 2.75) is 95.9 Å². The van der Waals surface area contributed by atoms with Crippen molar-refractivity contribution in [2.24, 2.45) is 5.41 Å². The first-order valence-electron chi connectivity index (χ1n) is 22.7. The first-order valence-corrected chi connectivity index (χ1v) is 25.6. The first-order chi connectivity index (χ1) is 30.8. The highest BCUT2D eigenvalue weighted by molar-refractivity contribution is 7.70. The average Bonchev–Trinajstić information content (AvgIpc) is 3.86. The average molecular weight is 909 g/mol. The lowest BCUT2D eigenvalue weighted by atomic mass is 9.72. The minimum absolute atomic E-state index is 0.0843. The number of halogens is 1. The zero-order chi connectivity index (χ0) is 44.8. The Morgan fingerprint density at radius 1 is 0.922 bits per heavy atom. The van der Waals surface area contributed by atoms with Crippen molar-refractivity contribution in [3.05, 3.63) is 82.5 Å². The Morgan fingerprint density at radius 2 is 1.70 bits per heavy atom. The molecule has 1 saturated carbocycles. The lowest BCUT2D eigenvalue weighted by molar-refractivity contribution is -0.136. The smallest absolute Gasteiger partial charge is 0.255 e. The number of aryl methyl sites for hydroxylation is 1. The first kappa shape index (κ1) is 44.1. The molecule has 3 saturated heterocycles. The number of amides is 3. The minimum Gasteiger partial charge on any atom is -0.494 e. The number of aromatic nitrogens is 2. The second-order valence-electron chi connectivity index (χ2n) is 18.5. The number of fused-ring (bicyclic) bond motifs is 1. The fourth-order valence-electron chi connectivity index (χ4n) is 10.6. The monoisotopic (exact) mass is 908 g/mol. The van der Waals surface area contributed by atoms with E-state index in [4.69, 9.17) is 26.1 Å². The largest absolute Gasteiger partial charge is 0.494 e. The number of imide groups is 1. The van der Waals surface area contributed by atoms with Crippen LogP contribution >= 0.6 is 18.7 Å². The van der Waals surface area contributed by atoms with Crippen LogP contribution in [0.5, 0.6) is 11.5 Å². The van der Waals surface area contributed by atoms with Gasteiger partial charge in [0.2, 0.25) is 17.8 Å². The molecule has 338 valence electrons. The molecule has 1 unspecified atom stereocenters. The molecule has 1 atom stereocenters. The predicted octanol–water partition coefficient (Wildman–Crippen LogP) is 7.88. The van der Waals surface area contributed by atoms with Crippen molar-refractivity contribution in [1.29, 1.82) is 0 Å². The molecule has 5 heterocycles. The van der Waals surface area contributed by atoms with Crippen LogP contribution in [0.2, 0.25) is 5.02 Å². The topological polar surface area (TPSA) is 158 Å². The molecule has 64 heavy (non-hydrogen) atoms. The summed E-state index contributed by atoms with van der Waals surface area (Å²) in [5, 5.41) is 10.1. The van der Waals surface area contributed by atoms with Crippen LogP contribution in [0.3, 0.4) is 0 Å². The highest BCUT2D eigenvalue weighted by Gasteiger charge is 2.45. The maximum Gasteiger partial charge on any atom is 0.255 e. The molecule has 5 aliphatic rings. The van der Waals surface area contributed by atoms with Crippen molar-refractivity contribution >= 4 is 70.6 Å². The Balaban J connectivity index is 0.793. The van der Waals surface area contributed by atoms with Gasteiger partial charge < -0.3 is 34.5 Å². The molecule has 1 aromatic heterocycles. The molecule has 14 nitrogen and oxygen atoms in total. The number of anilines is 5. The highest BCUT2D eigenvalue weighted by atomic mass is 35.5. The summed E-state index contributed by atoms with van der Waals surface area (Å²) >= 11 is 6.55. The van der Waals surface area contributed by atoms with E-state index in [2.05, 4.69) is 49.8 Å². The van der Waals surface area contributed by atoms with Gasteiger partial charge in [0.05, 0.1) is 37.3 Å². The molecule has 9 rings (SSSR count). The summed E-state index contributed by atoms with van der Waals surface area (Å²) in [5.41, 5.74) is 5.59. The zero-order valence-corrected chi connectivity index (χ0v) is 38.8. The summed E-state index contributed by atoms with van der Waals surface area (Å²) < 4.78 is 25.6. The van der Waals surface area contributed by atoms with Gasteiger partial charge in [-0.15, -0.1) is 0 Å². The maximum absolute atomic E-state index is 13.4. The Hall–Kier alpha value is -5.17. The number of nitrogens with one attached hydrogen (secondary N) is 3. The van der Waals surface area contributed by atoms with Crippen LogP contribution in [-0.2, 0) is 27.1 Å². The summed E-state index contributed by atoms with van der Waals surface area (Å²) in [6, 6.07) is 17.3. The third-order valence-electron chi connectivity index (χ3n) is 14.1. The van der Waals surface area contributed by atoms with Crippen molar-refractivity contribution in [1.82, 2.24) is 25.1 Å². The van der Waals surface area contributed by atoms with E-state index in [0.717, 1.165) is 93.4 Å². The van der Waals surface area contributed by atoms with Gasteiger partial charge in [0.15, 0.2) is 5.82 Å². The van der Waals surface area contributed by atoms with E-state index in [1.165, 1.54) is 17.7 Å². The fraction of sp³-hybridized carbons (Fsp3) is 0.479. The molecule has 3 N–H and O–H groups in total. The quantitative estimate of drug-likeness (QED) is 0.0935. The molecule has 4 fully saturated rings. The van der Waals surface area contributed by atoms with Crippen molar-refractivity contribution in [3.8, 4) is 11.5 Å². The number of benzene rings is 3. The van der Waals surface area contributed by atoms with Crippen LogP contribution in [0.4, 0.5) is 28.8 Å². The molecule has 3 aromatic carbocycles. The summed E-state index contributed by atoms with van der Waals surface area (Å²) in [6.07, 6.45) is 10.7. The Morgan fingerprint density at radius 3 is 2.44 bits per heavy atom. The molecule has 0 bridgehead atoms. The van der Waals surface area contributed by atoms with Gasteiger partial charge in [-0.3, -0.25) is 24.6 Å². The van der Waals surface area contributed by atoms with Gasteiger partial charge in [-0.25, -0.2) is 4.98 Å². The summed E-state index contributed by atoms with van der Waals surface area (Å²) in [6.45, 7) is 10.2. The van der Waals surface area contributed by atoms with E-state index in [1.807, 2.05) is 42.5 Å². The SMILES string of the molecule is CCc1cc(Nc2ncc(Cl)c(Nc3ccccc3P(C)(C)=O)n2)c(OC)cc1N1CCC(N2CC[C@]3(CC[C@@H](Oc4cccc5c4CN(C4CCC(=O)NC4=O)C5=O)CC3)C2)CC1. The van der Waals surface area contributed by atoms with Crippen LogP contribution in [0.25, 0.3) is 0 Å². The fourth-order valence-corrected chi connectivity index (χ4v) is 11.9. The summed E-state index contributed by atoms with van der Waals surface area (Å²) in [5.74, 6) is 1.34. The molecule has 4 aromatic rings. The van der Waals surface area contributed by atoms with E-state index >= 15 is 0 Å². The summed E-state index contributed by atoms with van der Waals surface area (Å²) in [7, 11) is -0.879. The van der Waals surface area contributed by atoms with Crippen molar-refractivity contribution in [3.63, 3.8) is 0 Å². The number of piperidine rings is 2. The van der Waals surface area contributed by atoms with Gasteiger partial charge in [0, 0.05) is 60.3 Å². The van der Waals surface area contributed by atoms with Gasteiger partial charge in [0.1, 0.15) is 29.7 Å². The number of hydrogen-bond donors (Lipinski definition) is 3. The van der Waals surface area contributed by atoms with Crippen molar-refractivity contribution < 1.29 is 28.4 Å². The summed E-state index contributed by atoms with van der Waals surface area (Å²) in [4.78, 5) is 53.7. The lowest BCUT2D eigenvalue weighted by Crippen LogP contribution is -2.52. The van der Waals surface area contributed by atoms with Gasteiger partial charge in [-0.1, -0.05) is 36.7 Å². The van der Waals surface area contributed by atoms with E-state index in [1.54, 1.807) is 31.5 Å². The maximum atomic E-state index is 13.4. The number of para-hydroxylation sites is 1. The molecule has 4 aliphatic heterocycles. The highest BCUT2D eigenvalue weighted by Crippen LogP contribution is 2.47. The van der Waals surface area contributed by atoms with Crippen LogP contribution in [0, 0.1) is 5.41 Å². The minimum atomic E-state index is -2.56. The van der Waals surface area contributed by atoms with E-state index in [-0.39, 0.29) is 24.3 Å². The Labute approximate surface area is 380 Å². The van der Waals surface area contributed by atoms with Crippen LogP contribution < -0.4 is 35.6 Å². The zero-order valence-electron chi connectivity index (χ0n) is 37.1. The Bertz CT molecular complexity index is 2500. The lowest BCUT2D eigenvalue weighted by Gasteiger charge is -2.41. The molecule has 1 aliphatic carbocycles. The molecule has 1 spiro atoms. The predicted molar refractivity (Wildman–Crippen MR) is 251 cm³/mol. The second kappa shape index (κ2) is 18.0. The molecule has 16 heteroatoms. The molecular weight excluding hydrogens is 851 g/mol. The van der Waals surface area contributed by atoms with Crippen LogP contribution in [0.15, 0.2) is 60.8 Å². The van der Waals surface area contributed by atoms with Crippen LogP contribution in [-0.4, -0.2) is 102 Å². The number of ether oxygens (including phenoxy) is 2. The second-order valence-corrected chi connectivity index (χ2v) is 22.1. The van der Waals surface area contributed by atoms with E-state index in [0.29, 0.717) is 58.2 Å².